The molecule has 1 fully saturated rings. The topological polar surface area (TPSA) is 58.1 Å². The zero-order valence-corrected chi connectivity index (χ0v) is 9.77. The number of carbonyl (C=O) groups excluding carboxylic acids is 1. The number of rotatable bonds is 2. The second-order valence-corrected chi connectivity index (χ2v) is 4.33. The molecule has 2 rings (SSSR count). The van der Waals surface area contributed by atoms with Crippen LogP contribution >= 0.6 is 0 Å². The largest absolute Gasteiger partial charge is 0.336 e. The highest BCUT2D eigenvalue weighted by Gasteiger charge is 2.34. The summed E-state index contributed by atoms with van der Waals surface area (Å²) in [5.74, 6) is 1.76. The predicted octanol–water partition coefficient (Wildman–Crippen LogP) is 1.34. The van der Waals surface area contributed by atoms with Gasteiger partial charge in [-0.25, -0.2) is 14.8 Å². The van der Waals surface area contributed by atoms with Crippen molar-refractivity contribution < 1.29 is 4.79 Å². The summed E-state index contributed by atoms with van der Waals surface area (Å²) in [5.41, 5.74) is 0. The van der Waals surface area contributed by atoms with Gasteiger partial charge in [-0.2, -0.15) is 0 Å². The molecule has 0 aliphatic carbocycles. The highest BCUT2D eigenvalue weighted by molar-refractivity contribution is 5.94. The summed E-state index contributed by atoms with van der Waals surface area (Å²) in [6, 6.07) is 1.87. The Morgan fingerprint density at radius 3 is 2.94 bits per heavy atom. The molecule has 16 heavy (non-hydrogen) atoms. The van der Waals surface area contributed by atoms with E-state index in [0.717, 1.165) is 0 Å². The summed E-state index contributed by atoms with van der Waals surface area (Å²) in [4.78, 5) is 21.8. The van der Waals surface area contributed by atoms with E-state index in [-0.39, 0.29) is 12.1 Å². The van der Waals surface area contributed by atoms with Gasteiger partial charge in [0.05, 0.1) is 6.04 Å². The van der Waals surface area contributed by atoms with Crippen LogP contribution in [0.4, 0.5) is 10.6 Å². The van der Waals surface area contributed by atoms with E-state index in [4.69, 9.17) is 0 Å². The molecule has 0 spiro atoms. The summed E-state index contributed by atoms with van der Waals surface area (Å²) in [6.45, 7) is 6.71. The normalized spacial score (nSPS) is 20.4. The minimum absolute atomic E-state index is 0.0724. The van der Waals surface area contributed by atoms with E-state index in [1.54, 1.807) is 17.2 Å². The molecule has 1 aliphatic heterocycles. The Kier molecular flexibility index (Phi) is 2.77. The van der Waals surface area contributed by atoms with Crippen LogP contribution in [0.25, 0.3) is 0 Å². The Morgan fingerprint density at radius 2 is 2.31 bits per heavy atom. The third kappa shape index (κ3) is 1.85. The van der Waals surface area contributed by atoms with Gasteiger partial charge in [-0.15, -0.1) is 0 Å². The van der Waals surface area contributed by atoms with Crippen LogP contribution in [-0.4, -0.2) is 28.6 Å². The maximum absolute atomic E-state index is 11.8. The Balaban J connectivity index is 2.33. The van der Waals surface area contributed by atoms with Crippen molar-refractivity contribution in [2.75, 3.05) is 11.4 Å². The predicted molar refractivity (Wildman–Crippen MR) is 61.3 cm³/mol. The van der Waals surface area contributed by atoms with Crippen molar-refractivity contribution >= 4 is 11.8 Å². The van der Waals surface area contributed by atoms with Crippen LogP contribution in [0.5, 0.6) is 0 Å². The number of nitrogens with zero attached hydrogens (tertiary/aromatic N) is 3. The Bertz CT molecular complexity index is 405. The van der Waals surface area contributed by atoms with Gasteiger partial charge in [-0.1, -0.05) is 13.8 Å². The molecular weight excluding hydrogens is 204 g/mol. The van der Waals surface area contributed by atoms with Gasteiger partial charge in [0.1, 0.15) is 11.6 Å². The van der Waals surface area contributed by atoms with Gasteiger partial charge < -0.3 is 5.32 Å². The number of carbonyl (C=O) groups is 1. The van der Waals surface area contributed by atoms with Gasteiger partial charge in [0.15, 0.2) is 0 Å². The fraction of sp³-hybridized carbons (Fsp3) is 0.545. The minimum atomic E-state index is -0.0724. The summed E-state index contributed by atoms with van der Waals surface area (Å²) in [6.07, 6.45) is 1.68. The lowest BCUT2D eigenvalue weighted by Crippen LogP contribution is -2.38. The number of urea groups is 1. The third-order valence-corrected chi connectivity index (χ3v) is 2.79. The average Bonchev–Trinajstić information content (AvgIpc) is 2.60. The van der Waals surface area contributed by atoms with Crippen molar-refractivity contribution in [1.82, 2.24) is 15.3 Å². The molecule has 0 bridgehead atoms. The molecule has 1 aliphatic rings. The molecule has 2 amide bonds. The molecule has 1 saturated heterocycles. The number of amides is 2. The zero-order valence-electron chi connectivity index (χ0n) is 9.77. The molecule has 0 radical (unpaired) electrons. The lowest BCUT2D eigenvalue weighted by Gasteiger charge is -2.24. The van der Waals surface area contributed by atoms with Crippen LogP contribution in [0.15, 0.2) is 12.3 Å². The van der Waals surface area contributed by atoms with Crippen molar-refractivity contribution in [1.29, 1.82) is 0 Å². The van der Waals surface area contributed by atoms with E-state index in [2.05, 4.69) is 29.1 Å². The summed E-state index contributed by atoms with van der Waals surface area (Å²) in [7, 11) is 0. The molecular formula is C11H16N4O. The second-order valence-electron chi connectivity index (χ2n) is 4.33. The Morgan fingerprint density at radius 1 is 1.56 bits per heavy atom. The van der Waals surface area contributed by atoms with Crippen LogP contribution < -0.4 is 10.2 Å². The monoisotopic (exact) mass is 220 g/mol. The van der Waals surface area contributed by atoms with E-state index in [1.165, 1.54) is 0 Å². The van der Waals surface area contributed by atoms with Crippen molar-refractivity contribution in [3.63, 3.8) is 0 Å². The van der Waals surface area contributed by atoms with Crippen molar-refractivity contribution in [2.45, 2.75) is 26.8 Å². The molecule has 0 aromatic carbocycles. The standard InChI is InChI=1S/C11H16N4O/c1-7(2)9-6-13-11(16)15(9)10-4-5-12-8(3)14-10/h4-5,7,9H,6H2,1-3H3,(H,13,16)/t9-/m1/s1. The molecule has 0 saturated carbocycles. The van der Waals surface area contributed by atoms with Gasteiger partial charge in [-0.05, 0) is 18.9 Å². The first-order valence-corrected chi connectivity index (χ1v) is 5.46. The summed E-state index contributed by atoms with van der Waals surface area (Å²) >= 11 is 0. The van der Waals surface area contributed by atoms with Crippen LogP contribution in [0.2, 0.25) is 0 Å². The average molecular weight is 220 g/mol. The first kappa shape index (κ1) is 10.9. The fourth-order valence-electron chi connectivity index (χ4n) is 1.90. The smallest absolute Gasteiger partial charge is 0.323 e. The highest BCUT2D eigenvalue weighted by Crippen LogP contribution is 2.22. The number of hydrogen-bond acceptors (Lipinski definition) is 3. The van der Waals surface area contributed by atoms with Gasteiger partial charge in [0.2, 0.25) is 0 Å². The third-order valence-electron chi connectivity index (χ3n) is 2.79. The zero-order chi connectivity index (χ0) is 11.7. The lowest BCUT2D eigenvalue weighted by atomic mass is 10.0. The van der Waals surface area contributed by atoms with E-state index in [1.807, 2.05) is 6.92 Å². The SMILES string of the molecule is Cc1nccc(N2C(=O)NC[C@@H]2C(C)C)n1. The van der Waals surface area contributed by atoms with E-state index < -0.39 is 0 Å². The molecule has 5 nitrogen and oxygen atoms in total. The number of aromatic nitrogens is 2. The molecule has 86 valence electrons. The van der Waals surface area contributed by atoms with Crippen LogP contribution in [-0.2, 0) is 0 Å². The lowest BCUT2D eigenvalue weighted by molar-refractivity contribution is 0.251. The number of nitrogens with one attached hydrogen (secondary N) is 1. The van der Waals surface area contributed by atoms with E-state index >= 15 is 0 Å². The second kappa shape index (κ2) is 4.08. The van der Waals surface area contributed by atoms with Crippen LogP contribution in [0, 0.1) is 12.8 Å². The van der Waals surface area contributed by atoms with Crippen LogP contribution in [0.3, 0.4) is 0 Å². The molecule has 1 aromatic heterocycles. The maximum Gasteiger partial charge on any atom is 0.323 e. The molecule has 5 heteroatoms. The van der Waals surface area contributed by atoms with Gasteiger partial charge >= 0.3 is 6.03 Å². The summed E-state index contributed by atoms with van der Waals surface area (Å²) in [5, 5.41) is 2.85. The maximum atomic E-state index is 11.8. The molecule has 1 aromatic rings. The Labute approximate surface area is 94.9 Å². The Hall–Kier alpha value is -1.65. The van der Waals surface area contributed by atoms with E-state index in [9.17, 15) is 4.79 Å². The van der Waals surface area contributed by atoms with Gasteiger partial charge in [0, 0.05) is 12.7 Å². The molecule has 2 heterocycles. The highest BCUT2D eigenvalue weighted by atomic mass is 16.2. The number of aryl methyl sites for hydroxylation is 1. The van der Waals surface area contributed by atoms with E-state index in [0.29, 0.717) is 24.1 Å². The van der Waals surface area contributed by atoms with Crippen LogP contribution in [0.1, 0.15) is 19.7 Å². The first-order chi connectivity index (χ1) is 7.59. The molecule has 1 N–H and O–H groups in total. The van der Waals surface area contributed by atoms with Gasteiger partial charge in [-0.3, -0.25) is 4.90 Å². The minimum Gasteiger partial charge on any atom is -0.336 e. The van der Waals surface area contributed by atoms with Crippen molar-refractivity contribution in [2.24, 2.45) is 5.92 Å². The quantitative estimate of drug-likeness (QED) is 0.818. The van der Waals surface area contributed by atoms with Crippen molar-refractivity contribution in [3.8, 4) is 0 Å². The summed E-state index contributed by atoms with van der Waals surface area (Å²) < 4.78 is 0. The number of hydrogen-bond donors (Lipinski definition) is 1. The molecule has 0 unspecified atom stereocenters. The number of anilines is 1. The van der Waals surface area contributed by atoms with Crippen molar-refractivity contribution in [3.05, 3.63) is 18.1 Å². The fourth-order valence-corrected chi connectivity index (χ4v) is 1.90. The van der Waals surface area contributed by atoms with Gasteiger partial charge in [0.25, 0.3) is 0 Å². The first-order valence-electron chi connectivity index (χ1n) is 5.46. The molecule has 1 atom stereocenters.